The molecule has 0 amide bonds. The van der Waals surface area contributed by atoms with Crippen LogP contribution in [-0.4, -0.2) is 5.11 Å². The molecule has 0 aliphatic rings. The van der Waals surface area contributed by atoms with Gasteiger partial charge in [0, 0.05) is 12.6 Å². The van der Waals surface area contributed by atoms with Crippen LogP contribution in [0.3, 0.4) is 0 Å². The van der Waals surface area contributed by atoms with Crippen LogP contribution in [0, 0.1) is 0 Å². The van der Waals surface area contributed by atoms with Crippen LogP contribution in [0.5, 0.6) is 0 Å². The molecule has 3 N–H and O–H groups in total. The van der Waals surface area contributed by atoms with E-state index in [9.17, 15) is 5.11 Å². The monoisotopic (exact) mass is 423 g/mol. The maximum Gasteiger partial charge on any atom is 0.108 e. The Morgan fingerprint density at radius 3 is 0.933 bits per heavy atom. The van der Waals surface area contributed by atoms with Crippen molar-refractivity contribution in [2.45, 2.75) is 167 Å². The number of rotatable bonds is 25. The lowest BCUT2D eigenvalue weighted by Crippen LogP contribution is -1.88. The molecule has 2 nitrogen and oxygen atoms in total. The smallest absolute Gasteiger partial charge is 0.108 e. The average molecular weight is 424 g/mol. The highest BCUT2D eigenvalue weighted by Crippen LogP contribution is 2.16. The van der Waals surface area contributed by atoms with Gasteiger partial charge in [0.2, 0.25) is 0 Å². The van der Waals surface area contributed by atoms with Gasteiger partial charge in [0.25, 0.3) is 0 Å². The molecule has 0 saturated heterocycles. The van der Waals surface area contributed by atoms with Gasteiger partial charge in [-0.05, 0) is 6.42 Å². The molecule has 0 atom stereocenters. The largest absolute Gasteiger partial charge is 0.511 e. The van der Waals surface area contributed by atoms with Gasteiger partial charge in [0.15, 0.2) is 0 Å². The van der Waals surface area contributed by atoms with E-state index in [2.05, 4.69) is 6.92 Å². The second-order valence-electron chi connectivity index (χ2n) is 9.54. The Morgan fingerprint density at radius 1 is 0.467 bits per heavy atom. The van der Waals surface area contributed by atoms with Crippen molar-refractivity contribution in [3.63, 3.8) is 0 Å². The Labute approximate surface area is 190 Å². The minimum absolute atomic E-state index is 0.341. The van der Waals surface area contributed by atoms with E-state index in [-0.39, 0.29) is 0 Å². The van der Waals surface area contributed by atoms with Gasteiger partial charge in [0.1, 0.15) is 5.76 Å². The third-order valence-electron chi connectivity index (χ3n) is 6.48. The molecule has 0 aromatic carbocycles. The molecule has 0 unspecified atom stereocenters. The van der Waals surface area contributed by atoms with E-state index in [0.717, 1.165) is 12.8 Å². The molecule has 2 heteroatoms. The van der Waals surface area contributed by atoms with Crippen molar-refractivity contribution < 1.29 is 5.11 Å². The van der Waals surface area contributed by atoms with Crippen LogP contribution < -0.4 is 5.73 Å². The Morgan fingerprint density at radius 2 is 0.700 bits per heavy atom. The molecule has 0 bridgehead atoms. The molecule has 0 fully saturated rings. The minimum Gasteiger partial charge on any atom is -0.511 e. The van der Waals surface area contributed by atoms with Gasteiger partial charge in [-0.1, -0.05) is 155 Å². The van der Waals surface area contributed by atoms with E-state index in [4.69, 9.17) is 5.73 Å². The zero-order valence-electron chi connectivity index (χ0n) is 20.8. The maximum absolute atomic E-state index is 9.27. The van der Waals surface area contributed by atoms with Crippen molar-refractivity contribution in [2.24, 2.45) is 5.73 Å². The first-order valence-electron chi connectivity index (χ1n) is 13.9. The Balaban J connectivity index is 3.02. The van der Waals surface area contributed by atoms with Crippen LogP contribution in [0.15, 0.2) is 12.0 Å². The van der Waals surface area contributed by atoms with Crippen LogP contribution in [0.1, 0.15) is 167 Å². The molecule has 0 aromatic rings. The molecular formula is C28H57NO. The highest BCUT2D eigenvalue weighted by molar-refractivity contribution is 4.85. The molecule has 0 radical (unpaired) electrons. The van der Waals surface area contributed by atoms with E-state index in [0.29, 0.717) is 5.76 Å². The lowest BCUT2D eigenvalue weighted by Gasteiger charge is -2.04. The van der Waals surface area contributed by atoms with E-state index in [1.54, 1.807) is 0 Å². The van der Waals surface area contributed by atoms with Gasteiger partial charge in [-0.25, -0.2) is 0 Å². The molecule has 0 spiro atoms. The van der Waals surface area contributed by atoms with Crippen molar-refractivity contribution in [3.8, 4) is 0 Å². The Bertz CT molecular complexity index is 340. The molecule has 0 rings (SSSR count). The SMILES string of the molecule is CCCCCCCCCCCCCCCCCCCCCCCCCC/C(O)=C/N. The first kappa shape index (κ1) is 29.3. The number of hydrogen-bond donors (Lipinski definition) is 2. The zero-order valence-corrected chi connectivity index (χ0v) is 20.8. The number of hydrogen-bond acceptors (Lipinski definition) is 2. The predicted octanol–water partition coefficient (Wildman–Crippen LogP) is 10.1. The van der Waals surface area contributed by atoms with E-state index in [1.165, 1.54) is 154 Å². The summed E-state index contributed by atoms with van der Waals surface area (Å²) in [4.78, 5) is 0. The van der Waals surface area contributed by atoms with Gasteiger partial charge in [-0.15, -0.1) is 0 Å². The highest BCUT2D eigenvalue weighted by Gasteiger charge is 1.97. The van der Waals surface area contributed by atoms with Crippen molar-refractivity contribution in [1.29, 1.82) is 0 Å². The van der Waals surface area contributed by atoms with Crippen molar-refractivity contribution in [3.05, 3.63) is 12.0 Å². The van der Waals surface area contributed by atoms with E-state index >= 15 is 0 Å². The number of aliphatic hydroxyl groups excluding tert-OH is 1. The van der Waals surface area contributed by atoms with E-state index < -0.39 is 0 Å². The van der Waals surface area contributed by atoms with Crippen LogP contribution in [0.4, 0.5) is 0 Å². The highest BCUT2D eigenvalue weighted by atomic mass is 16.3. The number of allylic oxidation sites excluding steroid dienone is 1. The lowest BCUT2D eigenvalue weighted by molar-refractivity contribution is 0.378. The van der Waals surface area contributed by atoms with Gasteiger partial charge < -0.3 is 10.8 Å². The van der Waals surface area contributed by atoms with Crippen molar-refractivity contribution >= 4 is 0 Å². The zero-order chi connectivity index (χ0) is 22.0. The summed E-state index contributed by atoms with van der Waals surface area (Å²) in [6, 6.07) is 0. The fourth-order valence-electron chi connectivity index (χ4n) is 4.35. The molecule has 180 valence electrons. The summed E-state index contributed by atoms with van der Waals surface area (Å²) in [7, 11) is 0. The summed E-state index contributed by atoms with van der Waals surface area (Å²) in [5.74, 6) is 0.341. The molecule has 0 aliphatic heterocycles. The summed E-state index contributed by atoms with van der Waals surface area (Å²) < 4.78 is 0. The van der Waals surface area contributed by atoms with Gasteiger partial charge >= 0.3 is 0 Å². The summed E-state index contributed by atoms with van der Waals surface area (Å²) in [5, 5.41) is 9.27. The standard InChI is InChI=1S/C28H57NO/c1-2-3-4-5-6-7-8-9-10-11-12-13-14-15-16-17-18-19-20-21-22-23-24-25-26-28(30)27-29/h27,30H,2-26,29H2,1H3/b28-27-. The summed E-state index contributed by atoms with van der Waals surface area (Å²) in [5.41, 5.74) is 5.26. The van der Waals surface area contributed by atoms with Crippen LogP contribution in [-0.2, 0) is 0 Å². The van der Waals surface area contributed by atoms with Crippen molar-refractivity contribution in [1.82, 2.24) is 0 Å². The Kier molecular flexibility index (Phi) is 25.8. The fraction of sp³-hybridized carbons (Fsp3) is 0.929. The predicted molar refractivity (Wildman–Crippen MR) is 136 cm³/mol. The van der Waals surface area contributed by atoms with Crippen LogP contribution in [0.25, 0.3) is 0 Å². The average Bonchev–Trinajstić information content (AvgIpc) is 2.76. The van der Waals surface area contributed by atoms with E-state index in [1.807, 2.05) is 0 Å². The molecule has 0 saturated carbocycles. The first-order chi connectivity index (χ1) is 14.8. The van der Waals surface area contributed by atoms with Gasteiger partial charge in [0.05, 0.1) is 0 Å². The first-order valence-corrected chi connectivity index (χ1v) is 13.9. The summed E-state index contributed by atoms with van der Waals surface area (Å²) >= 11 is 0. The van der Waals surface area contributed by atoms with Crippen molar-refractivity contribution in [2.75, 3.05) is 0 Å². The number of aliphatic hydroxyl groups is 1. The quantitative estimate of drug-likeness (QED) is 0.113. The van der Waals surface area contributed by atoms with Crippen LogP contribution >= 0.6 is 0 Å². The summed E-state index contributed by atoms with van der Waals surface area (Å²) in [6.45, 7) is 2.30. The fourth-order valence-corrected chi connectivity index (χ4v) is 4.35. The second kappa shape index (κ2) is 26.4. The Hall–Kier alpha value is -0.660. The minimum atomic E-state index is 0.341. The van der Waals surface area contributed by atoms with Gasteiger partial charge in [-0.3, -0.25) is 0 Å². The van der Waals surface area contributed by atoms with Crippen LogP contribution in [0.2, 0.25) is 0 Å². The molecule has 30 heavy (non-hydrogen) atoms. The topological polar surface area (TPSA) is 46.2 Å². The number of unbranched alkanes of at least 4 members (excludes halogenated alkanes) is 23. The third-order valence-corrected chi connectivity index (χ3v) is 6.48. The molecule has 0 aliphatic carbocycles. The normalized spacial score (nSPS) is 12.0. The maximum atomic E-state index is 9.27. The summed E-state index contributed by atoms with van der Waals surface area (Å²) in [6.07, 6.45) is 36.0. The molecular weight excluding hydrogens is 366 g/mol. The second-order valence-corrected chi connectivity index (χ2v) is 9.54. The molecule has 0 heterocycles. The van der Waals surface area contributed by atoms with Gasteiger partial charge in [-0.2, -0.15) is 0 Å². The lowest BCUT2D eigenvalue weighted by atomic mass is 10.0. The number of nitrogens with two attached hydrogens (primary N) is 1. The molecule has 0 aromatic heterocycles. The third kappa shape index (κ3) is 25.4.